The number of nitro benzene ring substituents is 1. The standard InChI is InChI=1S/C18H14N4O3S/c19-14-8-13(9-15(10-14)22(24)25)18(23)21-20-11-16-6-7-17(26-16)12-4-2-1-3-5-12/h1-11H,19H2,(H,21,23)/b20-11-. The Morgan fingerprint density at radius 1 is 1.15 bits per heavy atom. The van der Waals surface area contributed by atoms with Gasteiger partial charge in [0.15, 0.2) is 0 Å². The lowest BCUT2D eigenvalue weighted by atomic mass is 10.1. The molecule has 130 valence electrons. The van der Waals surface area contributed by atoms with E-state index >= 15 is 0 Å². The number of rotatable bonds is 5. The molecule has 1 amide bonds. The van der Waals surface area contributed by atoms with E-state index in [-0.39, 0.29) is 16.9 Å². The second kappa shape index (κ2) is 7.58. The predicted molar refractivity (Wildman–Crippen MR) is 102 cm³/mol. The molecule has 2 aromatic carbocycles. The quantitative estimate of drug-likeness (QED) is 0.310. The van der Waals surface area contributed by atoms with Gasteiger partial charge in [0, 0.05) is 27.6 Å². The molecule has 0 bridgehead atoms. The lowest BCUT2D eigenvalue weighted by Crippen LogP contribution is -2.18. The molecule has 0 radical (unpaired) electrons. The van der Waals surface area contributed by atoms with Crippen molar-refractivity contribution in [2.24, 2.45) is 5.10 Å². The molecule has 8 heteroatoms. The van der Waals surface area contributed by atoms with Crippen molar-refractivity contribution >= 4 is 34.8 Å². The van der Waals surface area contributed by atoms with E-state index in [1.165, 1.54) is 29.7 Å². The number of nitrogens with one attached hydrogen (secondary N) is 1. The van der Waals surface area contributed by atoms with Crippen molar-refractivity contribution in [2.45, 2.75) is 0 Å². The van der Waals surface area contributed by atoms with Crippen LogP contribution in [-0.2, 0) is 0 Å². The molecule has 0 aliphatic carbocycles. The summed E-state index contributed by atoms with van der Waals surface area (Å²) in [5.41, 5.74) is 9.01. The zero-order valence-corrected chi connectivity index (χ0v) is 14.3. The fourth-order valence-corrected chi connectivity index (χ4v) is 3.16. The topological polar surface area (TPSA) is 111 Å². The summed E-state index contributed by atoms with van der Waals surface area (Å²) in [5, 5.41) is 14.7. The van der Waals surface area contributed by atoms with Gasteiger partial charge in [0.2, 0.25) is 0 Å². The Kier molecular flexibility index (Phi) is 5.04. The van der Waals surface area contributed by atoms with Crippen LogP contribution in [0, 0.1) is 10.1 Å². The molecule has 26 heavy (non-hydrogen) atoms. The van der Waals surface area contributed by atoms with E-state index in [2.05, 4.69) is 10.5 Å². The summed E-state index contributed by atoms with van der Waals surface area (Å²) >= 11 is 1.53. The Morgan fingerprint density at radius 3 is 2.65 bits per heavy atom. The summed E-state index contributed by atoms with van der Waals surface area (Å²) in [5.74, 6) is -0.573. The molecule has 0 aliphatic rings. The number of hydrazone groups is 1. The molecule has 3 rings (SSSR count). The average Bonchev–Trinajstić information content (AvgIpc) is 3.10. The Balaban J connectivity index is 1.68. The minimum Gasteiger partial charge on any atom is -0.399 e. The third kappa shape index (κ3) is 4.11. The van der Waals surface area contributed by atoms with Gasteiger partial charge in [-0.15, -0.1) is 11.3 Å². The number of anilines is 1. The van der Waals surface area contributed by atoms with Gasteiger partial charge in [-0.2, -0.15) is 5.10 Å². The Hall–Kier alpha value is -3.52. The molecule has 0 saturated heterocycles. The number of thiophene rings is 1. The van der Waals surface area contributed by atoms with E-state index in [4.69, 9.17) is 5.73 Å². The van der Waals surface area contributed by atoms with E-state index in [1.807, 2.05) is 42.5 Å². The number of nitrogens with zero attached hydrogens (tertiary/aromatic N) is 2. The molecular weight excluding hydrogens is 352 g/mol. The normalized spacial score (nSPS) is 10.8. The number of nitrogen functional groups attached to an aromatic ring is 1. The maximum Gasteiger partial charge on any atom is 0.272 e. The van der Waals surface area contributed by atoms with Crippen LogP contribution in [0.5, 0.6) is 0 Å². The number of benzene rings is 2. The van der Waals surface area contributed by atoms with E-state index < -0.39 is 10.8 Å². The fourth-order valence-electron chi connectivity index (χ4n) is 2.27. The summed E-state index contributed by atoms with van der Waals surface area (Å²) in [6.45, 7) is 0. The second-order valence-corrected chi connectivity index (χ2v) is 6.45. The van der Waals surface area contributed by atoms with Crippen molar-refractivity contribution in [3.8, 4) is 10.4 Å². The number of nitrogens with two attached hydrogens (primary N) is 1. The number of carbonyl (C=O) groups excluding carboxylic acids is 1. The number of non-ortho nitro benzene ring substituents is 1. The third-order valence-corrected chi connectivity index (χ3v) is 4.52. The SMILES string of the molecule is Nc1cc(C(=O)N/N=C\c2ccc(-c3ccccc3)s2)cc([N+](=O)[O-])c1. The van der Waals surface area contributed by atoms with Crippen LogP contribution in [0.25, 0.3) is 10.4 Å². The van der Waals surface area contributed by atoms with Crippen molar-refractivity contribution in [3.05, 3.63) is 81.2 Å². The van der Waals surface area contributed by atoms with E-state index in [1.54, 1.807) is 0 Å². The minimum absolute atomic E-state index is 0.0741. The van der Waals surface area contributed by atoms with Gasteiger partial charge in [0.1, 0.15) is 0 Å². The predicted octanol–water partition coefficient (Wildman–Crippen LogP) is 3.67. The monoisotopic (exact) mass is 366 g/mol. The first-order valence-corrected chi connectivity index (χ1v) is 8.38. The zero-order chi connectivity index (χ0) is 18.5. The van der Waals surface area contributed by atoms with Crippen LogP contribution in [0.2, 0.25) is 0 Å². The maximum absolute atomic E-state index is 12.1. The number of hydrogen-bond donors (Lipinski definition) is 2. The molecule has 0 aliphatic heterocycles. The van der Waals surface area contributed by atoms with Gasteiger partial charge in [0.25, 0.3) is 11.6 Å². The molecule has 0 atom stereocenters. The van der Waals surface area contributed by atoms with Crippen LogP contribution in [0.15, 0.2) is 65.8 Å². The highest BCUT2D eigenvalue weighted by Gasteiger charge is 2.13. The Bertz CT molecular complexity index is 983. The van der Waals surface area contributed by atoms with E-state index in [0.717, 1.165) is 21.4 Å². The molecular formula is C18H14N4O3S. The molecule has 1 heterocycles. The van der Waals surface area contributed by atoms with Crippen LogP contribution < -0.4 is 11.2 Å². The number of amides is 1. The van der Waals surface area contributed by atoms with Crippen LogP contribution in [0.3, 0.4) is 0 Å². The molecule has 0 fully saturated rings. The van der Waals surface area contributed by atoms with E-state index in [9.17, 15) is 14.9 Å². The van der Waals surface area contributed by atoms with Crippen molar-refractivity contribution < 1.29 is 9.72 Å². The summed E-state index contributed by atoms with van der Waals surface area (Å²) in [6, 6.07) is 17.5. The number of nitro groups is 1. The van der Waals surface area contributed by atoms with Crippen molar-refractivity contribution in [2.75, 3.05) is 5.73 Å². The minimum atomic E-state index is -0.604. The van der Waals surface area contributed by atoms with Gasteiger partial charge in [-0.25, -0.2) is 5.43 Å². The van der Waals surface area contributed by atoms with Gasteiger partial charge in [-0.05, 0) is 23.8 Å². The highest BCUT2D eigenvalue weighted by atomic mass is 32.1. The van der Waals surface area contributed by atoms with Crippen LogP contribution >= 0.6 is 11.3 Å². The first-order valence-electron chi connectivity index (χ1n) is 7.56. The largest absolute Gasteiger partial charge is 0.399 e. The van der Waals surface area contributed by atoms with Crippen LogP contribution in [-0.4, -0.2) is 17.0 Å². The van der Waals surface area contributed by atoms with Gasteiger partial charge in [-0.3, -0.25) is 14.9 Å². The number of hydrogen-bond acceptors (Lipinski definition) is 6. The Labute approximate surface area is 152 Å². The summed E-state index contributed by atoms with van der Waals surface area (Å²) in [4.78, 5) is 24.3. The van der Waals surface area contributed by atoms with Crippen LogP contribution in [0.4, 0.5) is 11.4 Å². The summed E-state index contributed by atoms with van der Waals surface area (Å²) in [7, 11) is 0. The molecule has 0 spiro atoms. The lowest BCUT2D eigenvalue weighted by Gasteiger charge is -2.01. The summed E-state index contributed by atoms with van der Waals surface area (Å²) < 4.78 is 0. The van der Waals surface area contributed by atoms with Crippen molar-refractivity contribution in [3.63, 3.8) is 0 Å². The highest BCUT2D eigenvalue weighted by Crippen LogP contribution is 2.26. The lowest BCUT2D eigenvalue weighted by molar-refractivity contribution is -0.384. The highest BCUT2D eigenvalue weighted by molar-refractivity contribution is 7.17. The molecule has 0 saturated carbocycles. The Morgan fingerprint density at radius 2 is 1.92 bits per heavy atom. The number of carbonyl (C=O) groups is 1. The van der Waals surface area contributed by atoms with Gasteiger partial charge < -0.3 is 5.73 Å². The van der Waals surface area contributed by atoms with Gasteiger partial charge in [-0.1, -0.05) is 30.3 Å². The van der Waals surface area contributed by atoms with Gasteiger partial charge in [0.05, 0.1) is 16.7 Å². The fraction of sp³-hybridized carbons (Fsp3) is 0. The first-order chi connectivity index (χ1) is 12.5. The zero-order valence-electron chi connectivity index (χ0n) is 13.5. The second-order valence-electron chi connectivity index (χ2n) is 5.34. The van der Waals surface area contributed by atoms with E-state index in [0.29, 0.717) is 0 Å². The smallest absolute Gasteiger partial charge is 0.272 e. The third-order valence-electron chi connectivity index (χ3n) is 3.46. The summed E-state index contributed by atoms with van der Waals surface area (Å²) in [6.07, 6.45) is 1.52. The molecule has 3 N–H and O–H groups in total. The molecule has 7 nitrogen and oxygen atoms in total. The average molecular weight is 366 g/mol. The molecule has 0 unspecified atom stereocenters. The first kappa shape index (κ1) is 17.3. The van der Waals surface area contributed by atoms with Crippen LogP contribution in [0.1, 0.15) is 15.2 Å². The maximum atomic E-state index is 12.1. The van der Waals surface area contributed by atoms with Crippen molar-refractivity contribution in [1.82, 2.24) is 5.43 Å². The molecule has 1 aromatic heterocycles. The van der Waals surface area contributed by atoms with Gasteiger partial charge >= 0.3 is 0 Å². The van der Waals surface area contributed by atoms with Crippen molar-refractivity contribution in [1.29, 1.82) is 0 Å². The molecule has 3 aromatic rings.